The minimum absolute atomic E-state index is 0.124. The normalized spacial score (nSPS) is 25.1. The topological polar surface area (TPSA) is 52.4 Å². The number of aryl methyl sites for hydroxylation is 1. The second kappa shape index (κ2) is 6.11. The SMILES string of the molecule is CO[C@@H]1C[C@@H](c2nncn2C)N(Cc2cccc3c2OC(C)(C)C3)C1. The van der Waals surface area contributed by atoms with Crippen LogP contribution in [-0.4, -0.2) is 45.0 Å². The molecule has 0 saturated carbocycles. The molecular weight excluding hydrogens is 316 g/mol. The highest BCUT2D eigenvalue weighted by atomic mass is 16.5. The van der Waals surface area contributed by atoms with Gasteiger partial charge in [0.2, 0.25) is 0 Å². The quantitative estimate of drug-likeness (QED) is 0.854. The third-order valence-corrected chi connectivity index (χ3v) is 5.29. The zero-order valence-corrected chi connectivity index (χ0v) is 15.4. The molecule has 25 heavy (non-hydrogen) atoms. The van der Waals surface area contributed by atoms with Crippen molar-refractivity contribution in [3.63, 3.8) is 0 Å². The maximum atomic E-state index is 6.25. The first-order chi connectivity index (χ1) is 12.0. The zero-order chi connectivity index (χ0) is 17.6. The minimum Gasteiger partial charge on any atom is -0.487 e. The maximum absolute atomic E-state index is 6.25. The molecule has 1 aromatic heterocycles. The number of ether oxygens (including phenoxy) is 2. The Kier molecular flexibility index (Phi) is 4.04. The number of fused-ring (bicyclic) bond motifs is 1. The number of rotatable bonds is 4. The van der Waals surface area contributed by atoms with E-state index in [0.717, 1.165) is 37.5 Å². The summed E-state index contributed by atoms with van der Waals surface area (Å²) in [6, 6.07) is 6.70. The van der Waals surface area contributed by atoms with Gasteiger partial charge in [0.05, 0.1) is 12.1 Å². The van der Waals surface area contributed by atoms with E-state index in [9.17, 15) is 0 Å². The van der Waals surface area contributed by atoms with E-state index in [0.29, 0.717) is 0 Å². The van der Waals surface area contributed by atoms with Gasteiger partial charge in [0.25, 0.3) is 0 Å². The van der Waals surface area contributed by atoms with E-state index in [4.69, 9.17) is 9.47 Å². The number of para-hydroxylation sites is 1. The van der Waals surface area contributed by atoms with E-state index in [2.05, 4.69) is 47.1 Å². The lowest BCUT2D eigenvalue weighted by atomic mass is 10.0. The third kappa shape index (κ3) is 3.04. The molecule has 0 radical (unpaired) electrons. The molecule has 2 aliphatic rings. The number of hydrogen-bond donors (Lipinski definition) is 0. The van der Waals surface area contributed by atoms with Crippen molar-refractivity contribution in [3.8, 4) is 5.75 Å². The van der Waals surface area contributed by atoms with Gasteiger partial charge >= 0.3 is 0 Å². The fraction of sp³-hybridized carbons (Fsp3) is 0.579. The van der Waals surface area contributed by atoms with E-state index in [1.165, 1.54) is 11.1 Å². The summed E-state index contributed by atoms with van der Waals surface area (Å²) >= 11 is 0. The summed E-state index contributed by atoms with van der Waals surface area (Å²) < 4.78 is 13.9. The Balaban J connectivity index is 1.62. The second-order valence-electron chi connectivity index (χ2n) is 7.78. The summed E-state index contributed by atoms with van der Waals surface area (Å²) in [5.74, 6) is 2.05. The van der Waals surface area contributed by atoms with Crippen LogP contribution in [0.2, 0.25) is 0 Å². The van der Waals surface area contributed by atoms with Crippen LogP contribution >= 0.6 is 0 Å². The average molecular weight is 342 g/mol. The predicted molar refractivity (Wildman–Crippen MR) is 94.4 cm³/mol. The van der Waals surface area contributed by atoms with E-state index in [-0.39, 0.29) is 17.7 Å². The van der Waals surface area contributed by atoms with Gasteiger partial charge in [0.15, 0.2) is 0 Å². The molecule has 4 rings (SSSR count). The van der Waals surface area contributed by atoms with Gasteiger partial charge in [-0.15, -0.1) is 10.2 Å². The van der Waals surface area contributed by atoms with Gasteiger partial charge in [-0.2, -0.15) is 0 Å². The van der Waals surface area contributed by atoms with Gasteiger partial charge in [0, 0.05) is 39.2 Å². The summed E-state index contributed by atoms with van der Waals surface area (Å²) in [6.45, 7) is 6.02. The number of hydrogen-bond acceptors (Lipinski definition) is 5. The monoisotopic (exact) mass is 342 g/mol. The fourth-order valence-corrected chi connectivity index (χ4v) is 4.09. The molecule has 0 N–H and O–H groups in total. The number of nitrogens with zero attached hydrogens (tertiary/aromatic N) is 4. The van der Waals surface area contributed by atoms with Crippen LogP contribution in [0, 0.1) is 0 Å². The van der Waals surface area contributed by atoms with Crippen molar-refractivity contribution >= 4 is 0 Å². The molecule has 1 fully saturated rings. The summed E-state index contributed by atoms with van der Waals surface area (Å²) in [6.07, 6.45) is 3.88. The number of methoxy groups -OCH3 is 1. The van der Waals surface area contributed by atoms with Gasteiger partial charge in [-0.05, 0) is 25.8 Å². The van der Waals surface area contributed by atoms with Crippen molar-refractivity contribution in [2.75, 3.05) is 13.7 Å². The molecule has 6 heteroatoms. The predicted octanol–water partition coefficient (Wildman–Crippen LogP) is 2.49. The van der Waals surface area contributed by atoms with Crippen LogP contribution < -0.4 is 4.74 Å². The van der Waals surface area contributed by atoms with Crippen LogP contribution in [0.5, 0.6) is 5.75 Å². The number of benzene rings is 1. The van der Waals surface area contributed by atoms with E-state index < -0.39 is 0 Å². The largest absolute Gasteiger partial charge is 0.487 e. The molecule has 0 spiro atoms. The van der Waals surface area contributed by atoms with Gasteiger partial charge in [-0.1, -0.05) is 18.2 Å². The lowest BCUT2D eigenvalue weighted by molar-refractivity contribution is 0.106. The zero-order valence-electron chi connectivity index (χ0n) is 15.4. The molecule has 0 unspecified atom stereocenters. The Labute approximate surface area is 148 Å². The molecule has 6 nitrogen and oxygen atoms in total. The van der Waals surface area contributed by atoms with Crippen molar-refractivity contribution in [2.45, 2.75) is 51.0 Å². The highest BCUT2D eigenvalue weighted by molar-refractivity contribution is 5.45. The maximum Gasteiger partial charge on any atom is 0.150 e. The van der Waals surface area contributed by atoms with Gasteiger partial charge in [-0.25, -0.2) is 0 Å². The van der Waals surface area contributed by atoms with Crippen molar-refractivity contribution in [1.29, 1.82) is 0 Å². The molecule has 134 valence electrons. The Morgan fingerprint density at radius 1 is 1.36 bits per heavy atom. The first-order valence-corrected chi connectivity index (χ1v) is 8.87. The molecule has 2 aliphatic heterocycles. The number of likely N-dealkylation sites (tertiary alicyclic amines) is 1. The van der Waals surface area contributed by atoms with Crippen molar-refractivity contribution in [2.24, 2.45) is 7.05 Å². The standard InChI is InChI=1S/C19H26N4O2/c1-19(2)9-13-6-5-7-14(17(13)25-19)10-23-11-15(24-4)8-16(23)18-21-20-12-22(18)3/h5-7,12,15-16H,8-11H2,1-4H3/t15-,16+/m1/s1. The van der Waals surface area contributed by atoms with E-state index in [1.807, 2.05) is 11.6 Å². The molecule has 0 bridgehead atoms. The summed E-state index contributed by atoms with van der Waals surface area (Å²) in [7, 11) is 3.78. The average Bonchev–Trinajstić information content (AvgIpc) is 3.23. The molecule has 0 amide bonds. The molecule has 1 saturated heterocycles. The summed E-state index contributed by atoms with van der Waals surface area (Å²) in [5.41, 5.74) is 2.42. The molecule has 1 aromatic carbocycles. The van der Waals surface area contributed by atoms with Gasteiger partial charge < -0.3 is 14.0 Å². The molecular formula is C19H26N4O2. The molecule has 2 atom stereocenters. The van der Waals surface area contributed by atoms with Crippen LogP contribution in [0.25, 0.3) is 0 Å². The fourth-order valence-electron chi connectivity index (χ4n) is 4.09. The second-order valence-corrected chi connectivity index (χ2v) is 7.78. The van der Waals surface area contributed by atoms with Crippen molar-refractivity contribution in [3.05, 3.63) is 41.5 Å². The van der Waals surface area contributed by atoms with Crippen molar-refractivity contribution in [1.82, 2.24) is 19.7 Å². The highest BCUT2D eigenvalue weighted by Crippen LogP contribution is 2.40. The van der Waals surface area contributed by atoms with Gasteiger partial charge in [-0.3, -0.25) is 4.90 Å². The first kappa shape index (κ1) is 16.5. The minimum atomic E-state index is -0.124. The Morgan fingerprint density at radius 3 is 2.92 bits per heavy atom. The lowest BCUT2D eigenvalue weighted by Crippen LogP contribution is -2.27. The summed E-state index contributed by atoms with van der Waals surface area (Å²) in [4.78, 5) is 2.43. The summed E-state index contributed by atoms with van der Waals surface area (Å²) in [5, 5.41) is 8.39. The number of aromatic nitrogens is 3. The Morgan fingerprint density at radius 2 is 2.20 bits per heavy atom. The van der Waals surface area contributed by atoms with Crippen molar-refractivity contribution < 1.29 is 9.47 Å². The van der Waals surface area contributed by atoms with Gasteiger partial charge in [0.1, 0.15) is 23.5 Å². The Bertz CT molecular complexity index is 771. The van der Waals surface area contributed by atoms with Crippen LogP contribution in [-0.2, 0) is 24.8 Å². The first-order valence-electron chi connectivity index (χ1n) is 8.87. The smallest absolute Gasteiger partial charge is 0.150 e. The van der Waals surface area contributed by atoms with Crippen LogP contribution in [0.3, 0.4) is 0 Å². The van der Waals surface area contributed by atoms with Crippen LogP contribution in [0.15, 0.2) is 24.5 Å². The van der Waals surface area contributed by atoms with E-state index in [1.54, 1.807) is 13.4 Å². The lowest BCUT2D eigenvalue weighted by Gasteiger charge is -2.25. The van der Waals surface area contributed by atoms with E-state index >= 15 is 0 Å². The molecule has 2 aromatic rings. The highest BCUT2D eigenvalue weighted by Gasteiger charge is 2.37. The van der Waals surface area contributed by atoms with Crippen LogP contribution in [0.1, 0.15) is 43.3 Å². The molecule has 3 heterocycles. The third-order valence-electron chi connectivity index (χ3n) is 5.29. The van der Waals surface area contributed by atoms with Crippen LogP contribution in [0.4, 0.5) is 0 Å². The molecule has 0 aliphatic carbocycles. The Hall–Kier alpha value is -1.92.